The van der Waals surface area contributed by atoms with Crippen LogP contribution in [0, 0.1) is 6.92 Å². The van der Waals surface area contributed by atoms with Crippen LogP contribution in [0.2, 0.25) is 0 Å². The molecule has 0 aliphatic heterocycles. The molecule has 0 spiro atoms. The number of carbonyl (C=O) groups is 2. The van der Waals surface area contributed by atoms with E-state index in [0.717, 1.165) is 5.56 Å². The van der Waals surface area contributed by atoms with E-state index in [9.17, 15) is 14.7 Å². The van der Waals surface area contributed by atoms with Crippen molar-refractivity contribution in [2.24, 2.45) is 0 Å². The zero-order valence-corrected chi connectivity index (χ0v) is 12.4. The predicted molar refractivity (Wildman–Crippen MR) is 83.2 cm³/mol. The van der Waals surface area contributed by atoms with Crippen molar-refractivity contribution in [2.45, 2.75) is 13.8 Å². The Morgan fingerprint density at radius 3 is 2.64 bits per heavy atom. The Hall–Kier alpha value is -2.82. The van der Waals surface area contributed by atoms with Gasteiger partial charge in [-0.25, -0.2) is 4.79 Å². The largest absolute Gasteiger partial charge is 0.507 e. The lowest BCUT2D eigenvalue weighted by molar-refractivity contribution is 0.0523. The van der Waals surface area contributed by atoms with Crippen LogP contribution in [-0.4, -0.2) is 23.6 Å². The Kier molecular flexibility index (Phi) is 4.78. The highest BCUT2D eigenvalue weighted by Gasteiger charge is 2.14. The van der Waals surface area contributed by atoms with E-state index in [1.807, 2.05) is 13.0 Å². The van der Waals surface area contributed by atoms with E-state index in [2.05, 4.69) is 5.32 Å². The molecular formula is C17H17NO4. The normalized spacial score (nSPS) is 10.1. The van der Waals surface area contributed by atoms with Crippen LogP contribution in [0.15, 0.2) is 42.5 Å². The molecule has 0 aromatic heterocycles. The number of hydrogen-bond donors (Lipinski definition) is 2. The smallest absolute Gasteiger partial charge is 0.341 e. The molecule has 5 heteroatoms. The molecule has 1 amide bonds. The lowest BCUT2D eigenvalue weighted by Crippen LogP contribution is -2.13. The third-order valence-corrected chi connectivity index (χ3v) is 3.03. The monoisotopic (exact) mass is 299 g/mol. The van der Waals surface area contributed by atoms with Crippen LogP contribution < -0.4 is 5.32 Å². The minimum Gasteiger partial charge on any atom is -0.507 e. The first kappa shape index (κ1) is 15.6. The van der Waals surface area contributed by atoms with E-state index in [1.54, 1.807) is 25.1 Å². The Morgan fingerprint density at radius 2 is 1.95 bits per heavy atom. The molecule has 0 atom stereocenters. The second kappa shape index (κ2) is 6.76. The van der Waals surface area contributed by atoms with E-state index in [0.29, 0.717) is 11.3 Å². The van der Waals surface area contributed by atoms with Crippen LogP contribution in [0.1, 0.15) is 33.2 Å². The average molecular weight is 299 g/mol. The molecule has 2 N–H and O–H groups in total. The van der Waals surface area contributed by atoms with Gasteiger partial charge < -0.3 is 15.2 Å². The van der Waals surface area contributed by atoms with Crippen LogP contribution in [0.5, 0.6) is 5.75 Å². The minimum absolute atomic E-state index is 0.0175. The van der Waals surface area contributed by atoms with Gasteiger partial charge in [-0.05, 0) is 44.2 Å². The summed E-state index contributed by atoms with van der Waals surface area (Å²) in [6.45, 7) is 3.78. The van der Waals surface area contributed by atoms with Gasteiger partial charge in [0.1, 0.15) is 11.3 Å². The van der Waals surface area contributed by atoms with E-state index in [-0.39, 0.29) is 23.8 Å². The van der Waals surface area contributed by atoms with Gasteiger partial charge >= 0.3 is 5.97 Å². The van der Waals surface area contributed by atoms with Crippen molar-refractivity contribution >= 4 is 17.6 Å². The zero-order chi connectivity index (χ0) is 16.1. The predicted octanol–water partition coefficient (Wildman–Crippen LogP) is 3.13. The zero-order valence-electron chi connectivity index (χ0n) is 12.4. The highest BCUT2D eigenvalue weighted by molar-refractivity contribution is 6.05. The SMILES string of the molecule is CCOC(=O)c1cc(NC(=O)c2cccc(C)c2)ccc1O. The molecule has 0 saturated carbocycles. The first-order chi connectivity index (χ1) is 10.5. The third kappa shape index (κ3) is 3.63. The molecule has 114 valence electrons. The molecule has 0 aliphatic carbocycles. The van der Waals surface area contributed by atoms with E-state index < -0.39 is 5.97 Å². The maximum Gasteiger partial charge on any atom is 0.341 e. The van der Waals surface area contributed by atoms with Gasteiger partial charge in [0.05, 0.1) is 6.61 Å². The summed E-state index contributed by atoms with van der Waals surface area (Å²) < 4.78 is 4.86. The molecule has 0 bridgehead atoms. The van der Waals surface area contributed by atoms with Crippen LogP contribution >= 0.6 is 0 Å². The number of rotatable bonds is 4. The summed E-state index contributed by atoms with van der Waals surface area (Å²) in [5, 5.41) is 12.4. The molecule has 5 nitrogen and oxygen atoms in total. The van der Waals surface area contributed by atoms with Crippen molar-refractivity contribution in [3.63, 3.8) is 0 Å². The molecule has 2 aromatic carbocycles. The summed E-state index contributed by atoms with van der Waals surface area (Å²) in [6, 6.07) is 11.4. The van der Waals surface area contributed by atoms with Gasteiger partial charge in [-0.3, -0.25) is 4.79 Å². The number of ether oxygens (including phenoxy) is 1. The quantitative estimate of drug-likeness (QED) is 0.672. The van der Waals surface area contributed by atoms with Gasteiger partial charge in [-0.2, -0.15) is 0 Å². The highest BCUT2D eigenvalue weighted by atomic mass is 16.5. The lowest BCUT2D eigenvalue weighted by atomic mass is 10.1. The van der Waals surface area contributed by atoms with Gasteiger partial charge in [-0.15, -0.1) is 0 Å². The second-order valence-electron chi connectivity index (χ2n) is 4.78. The number of phenolic OH excluding ortho intramolecular Hbond substituents is 1. The van der Waals surface area contributed by atoms with Crippen molar-refractivity contribution in [3.05, 3.63) is 59.2 Å². The van der Waals surface area contributed by atoms with Crippen molar-refractivity contribution in [1.82, 2.24) is 0 Å². The molecule has 22 heavy (non-hydrogen) atoms. The lowest BCUT2D eigenvalue weighted by Gasteiger charge is -2.09. The summed E-state index contributed by atoms with van der Waals surface area (Å²) in [7, 11) is 0. The van der Waals surface area contributed by atoms with Gasteiger partial charge in [0.15, 0.2) is 0 Å². The maximum absolute atomic E-state index is 12.2. The fourth-order valence-electron chi connectivity index (χ4n) is 1.98. The summed E-state index contributed by atoms with van der Waals surface area (Å²) in [5.41, 5.74) is 1.92. The molecule has 0 fully saturated rings. The molecule has 2 rings (SSSR count). The first-order valence-electron chi connectivity index (χ1n) is 6.89. The number of carbonyl (C=O) groups excluding carboxylic acids is 2. The van der Waals surface area contributed by atoms with Crippen molar-refractivity contribution in [2.75, 3.05) is 11.9 Å². The number of nitrogens with one attached hydrogen (secondary N) is 1. The molecule has 2 aromatic rings. The van der Waals surface area contributed by atoms with E-state index >= 15 is 0 Å². The van der Waals surface area contributed by atoms with Crippen LogP contribution in [-0.2, 0) is 4.74 Å². The molecule has 0 saturated heterocycles. The fourth-order valence-corrected chi connectivity index (χ4v) is 1.98. The topological polar surface area (TPSA) is 75.6 Å². The van der Waals surface area contributed by atoms with E-state index in [4.69, 9.17) is 4.74 Å². The van der Waals surface area contributed by atoms with Gasteiger partial charge in [0, 0.05) is 11.3 Å². The van der Waals surface area contributed by atoms with Crippen LogP contribution in [0.25, 0.3) is 0 Å². The number of benzene rings is 2. The summed E-state index contributed by atoms with van der Waals surface area (Å²) >= 11 is 0. The number of hydrogen-bond acceptors (Lipinski definition) is 4. The average Bonchev–Trinajstić information content (AvgIpc) is 2.49. The molecule has 0 heterocycles. The summed E-state index contributed by atoms with van der Waals surface area (Å²) in [5.74, 6) is -1.11. The Balaban J connectivity index is 2.21. The number of aromatic hydroxyl groups is 1. The van der Waals surface area contributed by atoms with Gasteiger partial charge in [-0.1, -0.05) is 17.7 Å². The molecule has 0 unspecified atom stereocenters. The van der Waals surface area contributed by atoms with Crippen LogP contribution in [0.3, 0.4) is 0 Å². The molecular weight excluding hydrogens is 282 g/mol. The highest BCUT2D eigenvalue weighted by Crippen LogP contribution is 2.23. The van der Waals surface area contributed by atoms with Crippen molar-refractivity contribution in [3.8, 4) is 5.75 Å². The minimum atomic E-state index is -0.633. The standard InChI is InChI=1S/C17H17NO4/c1-3-22-17(21)14-10-13(7-8-15(14)19)18-16(20)12-6-4-5-11(2)9-12/h4-10,19H,3H2,1-2H3,(H,18,20). The Morgan fingerprint density at radius 1 is 1.18 bits per heavy atom. The number of amides is 1. The number of aryl methyl sites for hydroxylation is 1. The van der Waals surface area contributed by atoms with Gasteiger partial charge in [0.25, 0.3) is 5.91 Å². The number of esters is 1. The fraction of sp³-hybridized carbons (Fsp3) is 0.176. The van der Waals surface area contributed by atoms with Crippen molar-refractivity contribution in [1.29, 1.82) is 0 Å². The number of anilines is 1. The molecule has 0 radical (unpaired) electrons. The Labute approximate surface area is 128 Å². The molecule has 0 aliphatic rings. The van der Waals surface area contributed by atoms with Crippen LogP contribution in [0.4, 0.5) is 5.69 Å². The summed E-state index contributed by atoms with van der Waals surface area (Å²) in [6.07, 6.45) is 0. The number of phenols is 1. The summed E-state index contributed by atoms with van der Waals surface area (Å²) in [4.78, 5) is 23.9. The van der Waals surface area contributed by atoms with E-state index in [1.165, 1.54) is 18.2 Å². The van der Waals surface area contributed by atoms with Crippen molar-refractivity contribution < 1.29 is 19.4 Å². The first-order valence-corrected chi connectivity index (χ1v) is 6.89. The Bertz CT molecular complexity index is 710. The maximum atomic E-state index is 12.2. The third-order valence-electron chi connectivity index (χ3n) is 3.03. The van der Waals surface area contributed by atoms with Gasteiger partial charge in [0.2, 0.25) is 0 Å². The second-order valence-corrected chi connectivity index (χ2v) is 4.78.